The average Bonchev–Trinajstić information content (AvgIpc) is 0.811. The van der Waals surface area contributed by atoms with E-state index in [1.54, 1.807) is 0 Å². The Kier molecular flexibility index (Phi) is 96.4. The molecule has 0 aromatic carbocycles. The van der Waals surface area contributed by atoms with Crippen LogP contribution in [0.15, 0.2) is 0 Å². The van der Waals surface area contributed by atoms with Gasteiger partial charge in [-0.3, -0.25) is 0 Å². The minimum Gasteiger partial charge on any atom is -1.00 e. The van der Waals surface area contributed by atoms with Gasteiger partial charge in [0, 0.05) is 0 Å². The summed E-state index contributed by atoms with van der Waals surface area (Å²) >= 11 is 0. The van der Waals surface area contributed by atoms with Crippen LogP contribution in [0.1, 0.15) is 0 Å². The third-order valence-electron chi connectivity index (χ3n) is 0. The molecule has 0 unspecified atom stereocenters. The van der Waals surface area contributed by atoms with Crippen LogP contribution in [0.25, 0.3) is 0 Å². The first-order chi connectivity index (χ1) is 1.73. The van der Waals surface area contributed by atoms with Crippen LogP contribution in [0.5, 0.6) is 0 Å². The maximum absolute atomic E-state index is 7.17. The summed E-state index contributed by atoms with van der Waals surface area (Å²) in [7, 11) is -2.17. The Labute approximate surface area is 89.6 Å². The van der Waals surface area contributed by atoms with Crippen molar-refractivity contribution in [3.63, 3.8) is 0 Å². The van der Waals surface area contributed by atoms with E-state index >= 15 is 0 Å². The Hall–Kier alpha value is 1.74. The molecule has 0 aliphatic carbocycles. The molecule has 0 bridgehead atoms. The molecule has 0 radical (unpaired) electrons. The van der Waals surface area contributed by atoms with Gasteiger partial charge in [-0.15, -0.1) is 0 Å². The molecule has 0 atom stereocenters. The number of halogens is 2. The molecule has 5 N–H and O–H groups in total. The summed E-state index contributed by atoms with van der Waals surface area (Å²) in [5.41, 5.74) is 0. The van der Waals surface area contributed by atoms with E-state index in [-0.39, 0.29) is 68.0 Å². The van der Waals surface area contributed by atoms with Crippen molar-refractivity contribution in [2.45, 2.75) is 0 Å². The second kappa shape index (κ2) is 23.3. The summed E-state index contributed by atoms with van der Waals surface area (Å²) in [4.78, 5) is 0. The smallest absolute Gasteiger partial charge is 1.00 e. The van der Waals surface area contributed by atoms with E-state index in [1.165, 1.54) is 0 Å². The molecular weight excluding hydrogens is 186 g/mol. The van der Waals surface area contributed by atoms with E-state index in [2.05, 4.69) is 0 Å². The Balaban J connectivity index is -0.00000000750. The molecule has 0 saturated carbocycles. The standard InChI is InChI=1S/BH3O3.Ca.2ClH.H2O/c2-1(3)4;;;;/h2-4H;;2*1H;1H2/q;+2;;;/p-2. The van der Waals surface area contributed by atoms with Gasteiger partial charge in [-0.1, -0.05) is 0 Å². The molecule has 8 heteroatoms. The zero-order valence-corrected chi connectivity index (χ0v) is 7.60. The number of hydrogen-bond donors (Lipinski definition) is 3. The quantitative estimate of drug-likeness (QED) is 0.332. The molecule has 0 spiro atoms. The minimum atomic E-state index is -2.17. The fourth-order valence-electron chi connectivity index (χ4n) is 0. The number of hydrogen-bond acceptors (Lipinski definition) is 3. The van der Waals surface area contributed by atoms with Crippen LogP contribution in [-0.4, -0.2) is 65.6 Å². The first kappa shape index (κ1) is 33.1. The van der Waals surface area contributed by atoms with Crippen LogP contribution in [0.2, 0.25) is 0 Å². The Morgan fingerprint density at radius 2 is 0.875 bits per heavy atom. The molecule has 8 heavy (non-hydrogen) atoms. The Morgan fingerprint density at radius 3 is 0.875 bits per heavy atom. The van der Waals surface area contributed by atoms with Gasteiger partial charge in [0.15, 0.2) is 0 Å². The molecule has 0 rings (SSSR count). The molecular formula is H5BCaCl2O4. The van der Waals surface area contributed by atoms with E-state index in [1.807, 2.05) is 0 Å². The van der Waals surface area contributed by atoms with Gasteiger partial charge in [0.1, 0.15) is 0 Å². The fourth-order valence-corrected chi connectivity index (χ4v) is 0. The summed E-state index contributed by atoms with van der Waals surface area (Å²) in [6.45, 7) is 0. The van der Waals surface area contributed by atoms with Gasteiger partial charge in [-0.05, 0) is 0 Å². The fraction of sp³-hybridized carbons (Fsp3) is 0. The van der Waals surface area contributed by atoms with Crippen molar-refractivity contribution in [2.75, 3.05) is 0 Å². The Bertz CT molecular complexity index is 18.8. The van der Waals surface area contributed by atoms with E-state index in [0.717, 1.165) is 0 Å². The van der Waals surface area contributed by atoms with Crippen molar-refractivity contribution < 1.29 is 45.4 Å². The normalized spacial score (nSPS) is 3.38. The van der Waals surface area contributed by atoms with Crippen LogP contribution < -0.4 is 24.8 Å². The zero-order valence-electron chi connectivity index (χ0n) is 3.88. The van der Waals surface area contributed by atoms with Crippen LogP contribution in [0, 0.1) is 0 Å². The van der Waals surface area contributed by atoms with Gasteiger partial charge in [0.25, 0.3) is 0 Å². The van der Waals surface area contributed by atoms with Gasteiger partial charge < -0.3 is 45.4 Å². The average molecular weight is 191 g/mol. The topological polar surface area (TPSA) is 92.2 Å². The first-order valence-corrected chi connectivity index (χ1v) is 0.775. The van der Waals surface area contributed by atoms with Crippen LogP contribution in [0.4, 0.5) is 0 Å². The van der Waals surface area contributed by atoms with E-state index in [4.69, 9.17) is 15.1 Å². The second-order valence-corrected chi connectivity index (χ2v) is 0.346. The third kappa shape index (κ3) is 116. The van der Waals surface area contributed by atoms with Crippen LogP contribution in [-0.2, 0) is 0 Å². The molecule has 0 fully saturated rings. The van der Waals surface area contributed by atoms with E-state index in [9.17, 15) is 0 Å². The van der Waals surface area contributed by atoms with Crippen molar-refractivity contribution in [2.24, 2.45) is 0 Å². The molecule has 0 amide bonds. The van der Waals surface area contributed by atoms with Gasteiger partial charge in [-0.2, -0.15) is 0 Å². The van der Waals surface area contributed by atoms with Gasteiger partial charge in [-0.25, -0.2) is 0 Å². The summed E-state index contributed by atoms with van der Waals surface area (Å²) < 4.78 is 0. The van der Waals surface area contributed by atoms with E-state index in [0.29, 0.717) is 0 Å². The van der Waals surface area contributed by atoms with Crippen molar-refractivity contribution in [1.82, 2.24) is 0 Å². The number of rotatable bonds is 0. The maximum Gasteiger partial charge on any atom is 2.00 e. The molecule has 0 aromatic heterocycles. The van der Waals surface area contributed by atoms with Crippen molar-refractivity contribution >= 4 is 45.1 Å². The van der Waals surface area contributed by atoms with Crippen LogP contribution in [0.3, 0.4) is 0 Å². The largest absolute Gasteiger partial charge is 2.00 e. The molecule has 0 aromatic rings. The van der Waals surface area contributed by atoms with Crippen molar-refractivity contribution in [1.29, 1.82) is 0 Å². The predicted octanol–water partition coefficient (Wildman–Crippen LogP) is -9.25. The van der Waals surface area contributed by atoms with Gasteiger partial charge in [0.05, 0.1) is 0 Å². The maximum atomic E-state index is 7.17. The minimum absolute atomic E-state index is 0. The first-order valence-electron chi connectivity index (χ1n) is 0.775. The van der Waals surface area contributed by atoms with Gasteiger partial charge >= 0.3 is 45.1 Å². The second-order valence-electron chi connectivity index (χ2n) is 0.346. The SMILES string of the molecule is O.OB(O)O.[Ca+2].[Cl-].[Cl-]. The molecule has 4 nitrogen and oxygen atoms in total. The summed E-state index contributed by atoms with van der Waals surface area (Å²) in [5, 5.41) is 21.5. The van der Waals surface area contributed by atoms with Crippen molar-refractivity contribution in [3.8, 4) is 0 Å². The van der Waals surface area contributed by atoms with Gasteiger partial charge in [0.2, 0.25) is 0 Å². The zero-order chi connectivity index (χ0) is 3.58. The summed E-state index contributed by atoms with van der Waals surface area (Å²) in [5.74, 6) is 0. The molecule has 48 valence electrons. The molecule has 0 aliphatic rings. The molecule has 0 aliphatic heterocycles. The van der Waals surface area contributed by atoms with E-state index < -0.39 is 7.32 Å². The summed E-state index contributed by atoms with van der Waals surface area (Å²) in [6, 6.07) is 0. The molecule has 0 saturated heterocycles. The monoisotopic (exact) mass is 190 g/mol. The Morgan fingerprint density at radius 1 is 0.875 bits per heavy atom. The van der Waals surface area contributed by atoms with Crippen molar-refractivity contribution in [3.05, 3.63) is 0 Å². The third-order valence-corrected chi connectivity index (χ3v) is 0. The predicted molar refractivity (Wildman–Crippen MR) is 21.8 cm³/mol. The summed E-state index contributed by atoms with van der Waals surface area (Å²) in [6.07, 6.45) is 0. The molecule has 0 heterocycles. The van der Waals surface area contributed by atoms with Crippen LogP contribution >= 0.6 is 0 Å².